The van der Waals surface area contributed by atoms with Gasteiger partial charge in [-0.3, -0.25) is 0 Å². The topological polar surface area (TPSA) is 49.8 Å². The van der Waals surface area contributed by atoms with E-state index in [0.717, 1.165) is 32.6 Å². The predicted molar refractivity (Wildman–Crippen MR) is 60.3 cm³/mol. The third-order valence-corrected chi connectivity index (χ3v) is 4.05. The van der Waals surface area contributed by atoms with Gasteiger partial charge in [0.15, 0.2) is 0 Å². The molecule has 5 heteroatoms. The van der Waals surface area contributed by atoms with E-state index < -0.39 is 18.2 Å². The minimum absolute atomic E-state index is 0.196. The first kappa shape index (κ1) is 12.8. The molecule has 0 aromatic heterocycles. The summed E-state index contributed by atoms with van der Waals surface area (Å²) in [6.07, 6.45) is 3.61. The van der Waals surface area contributed by atoms with Gasteiger partial charge in [-0.05, 0) is 39.7 Å². The molecule has 1 N–H and O–H groups in total. The van der Waals surface area contributed by atoms with Crippen LogP contribution in [0, 0.1) is 0 Å². The van der Waals surface area contributed by atoms with Crippen LogP contribution in [0.5, 0.6) is 0 Å². The van der Waals surface area contributed by atoms with E-state index in [9.17, 15) is 9.18 Å². The summed E-state index contributed by atoms with van der Waals surface area (Å²) < 4.78 is 18.7. The largest absolute Gasteiger partial charge is 0.460 e. The maximum absolute atomic E-state index is 13.5. The third-order valence-electron chi connectivity index (χ3n) is 4.05. The minimum Gasteiger partial charge on any atom is -0.460 e. The summed E-state index contributed by atoms with van der Waals surface area (Å²) in [6.45, 7) is 0.226. The summed E-state index contributed by atoms with van der Waals surface area (Å²) in [5.74, 6) is -0.936. The van der Waals surface area contributed by atoms with Gasteiger partial charge in [-0.25, -0.2) is 9.18 Å². The van der Waals surface area contributed by atoms with Crippen LogP contribution < -0.4 is 0 Å². The summed E-state index contributed by atoms with van der Waals surface area (Å²) in [6, 6.07) is 0.901. The molecule has 17 heavy (non-hydrogen) atoms. The van der Waals surface area contributed by atoms with E-state index in [4.69, 9.17) is 9.84 Å². The highest BCUT2D eigenvalue weighted by molar-refractivity contribution is 5.79. The molecule has 2 aliphatic rings. The first-order valence-electron chi connectivity index (χ1n) is 6.17. The second-order valence-corrected chi connectivity index (χ2v) is 5.40. The number of aliphatic hydroxyl groups is 1. The second kappa shape index (κ2) is 4.53. The maximum Gasteiger partial charge on any atom is 0.346 e. The van der Waals surface area contributed by atoms with Crippen LogP contribution in [-0.4, -0.2) is 53.5 Å². The molecular formula is C12H20FNO3. The van der Waals surface area contributed by atoms with Crippen molar-refractivity contribution in [3.8, 4) is 0 Å². The van der Waals surface area contributed by atoms with E-state index in [-0.39, 0.29) is 6.10 Å². The van der Waals surface area contributed by atoms with Crippen LogP contribution in [-0.2, 0) is 9.53 Å². The van der Waals surface area contributed by atoms with Crippen molar-refractivity contribution in [1.82, 2.24) is 4.90 Å². The summed E-state index contributed by atoms with van der Waals surface area (Å²) in [5.41, 5.74) is -2.28. The van der Waals surface area contributed by atoms with Crippen LogP contribution in [0.25, 0.3) is 0 Å². The standard InChI is InChI=1S/C12H20FNO3/c1-12(13,7-15)11(16)17-10-5-8-3-4-9(6-10)14(8)2/h8-10,15H,3-7H2,1-2H3. The van der Waals surface area contributed by atoms with Crippen molar-refractivity contribution in [2.75, 3.05) is 13.7 Å². The lowest BCUT2D eigenvalue weighted by Gasteiger charge is -2.36. The van der Waals surface area contributed by atoms with Crippen molar-refractivity contribution < 1.29 is 19.0 Å². The molecule has 2 fully saturated rings. The molecule has 2 rings (SSSR count). The number of hydrogen-bond donors (Lipinski definition) is 1. The number of hydrogen-bond acceptors (Lipinski definition) is 4. The number of esters is 1. The van der Waals surface area contributed by atoms with Crippen molar-refractivity contribution in [3.63, 3.8) is 0 Å². The van der Waals surface area contributed by atoms with Crippen LogP contribution in [0.2, 0.25) is 0 Å². The summed E-state index contributed by atoms with van der Waals surface area (Å²) in [7, 11) is 2.09. The van der Waals surface area contributed by atoms with E-state index in [1.807, 2.05) is 0 Å². The van der Waals surface area contributed by atoms with Gasteiger partial charge in [-0.1, -0.05) is 0 Å². The SMILES string of the molecule is CN1C2CCC1CC(OC(=O)C(C)(F)CO)C2. The Balaban J connectivity index is 1.92. The third kappa shape index (κ3) is 2.45. The normalized spacial score (nSPS) is 36.6. The highest BCUT2D eigenvalue weighted by atomic mass is 19.1. The Kier molecular flexibility index (Phi) is 3.41. The lowest BCUT2D eigenvalue weighted by atomic mass is 10.0. The van der Waals surface area contributed by atoms with Crippen molar-refractivity contribution in [2.45, 2.75) is 56.5 Å². The maximum atomic E-state index is 13.5. The average Bonchev–Trinajstić information content (AvgIpc) is 2.53. The lowest BCUT2D eigenvalue weighted by Crippen LogP contribution is -2.46. The van der Waals surface area contributed by atoms with Crippen LogP contribution >= 0.6 is 0 Å². The van der Waals surface area contributed by atoms with Gasteiger partial charge in [-0.2, -0.15) is 0 Å². The predicted octanol–water partition coefficient (Wildman–Crippen LogP) is 0.875. The quantitative estimate of drug-likeness (QED) is 0.750. The van der Waals surface area contributed by atoms with Gasteiger partial charge in [0.2, 0.25) is 5.67 Å². The Morgan fingerprint density at radius 3 is 2.47 bits per heavy atom. The molecule has 3 atom stereocenters. The fraction of sp³-hybridized carbons (Fsp3) is 0.917. The van der Waals surface area contributed by atoms with E-state index in [2.05, 4.69) is 11.9 Å². The molecule has 2 saturated heterocycles. The molecule has 2 heterocycles. The number of aliphatic hydroxyl groups excluding tert-OH is 1. The number of ether oxygens (including phenoxy) is 1. The molecule has 0 aliphatic carbocycles. The molecule has 4 nitrogen and oxygen atoms in total. The van der Waals surface area contributed by atoms with Crippen LogP contribution in [0.1, 0.15) is 32.6 Å². The monoisotopic (exact) mass is 245 g/mol. The second-order valence-electron chi connectivity index (χ2n) is 5.40. The fourth-order valence-electron chi connectivity index (χ4n) is 2.80. The lowest BCUT2D eigenvalue weighted by molar-refractivity contribution is -0.168. The van der Waals surface area contributed by atoms with Gasteiger partial charge in [0.25, 0.3) is 0 Å². The minimum atomic E-state index is -2.28. The fourth-order valence-corrected chi connectivity index (χ4v) is 2.80. The number of carbonyl (C=O) groups is 1. The van der Waals surface area contributed by atoms with Crippen molar-refractivity contribution in [1.29, 1.82) is 0 Å². The zero-order valence-corrected chi connectivity index (χ0v) is 10.4. The Morgan fingerprint density at radius 2 is 2.00 bits per heavy atom. The Hall–Kier alpha value is -0.680. The van der Waals surface area contributed by atoms with E-state index >= 15 is 0 Å². The molecule has 2 bridgehead atoms. The van der Waals surface area contributed by atoms with E-state index in [1.54, 1.807) is 0 Å². The van der Waals surface area contributed by atoms with Crippen LogP contribution in [0.4, 0.5) is 4.39 Å². The zero-order valence-electron chi connectivity index (χ0n) is 10.4. The molecule has 0 spiro atoms. The summed E-state index contributed by atoms with van der Waals surface area (Å²) in [4.78, 5) is 13.8. The van der Waals surface area contributed by atoms with Crippen LogP contribution in [0.15, 0.2) is 0 Å². The first-order valence-corrected chi connectivity index (χ1v) is 6.17. The molecule has 98 valence electrons. The van der Waals surface area contributed by atoms with Crippen molar-refractivity contribution in [3.05, 3.63) is 0 Å². The van der Waals surface area contributed by atoms with Crippen molar-refractivity contribution in [2.24, 2.45) is 0 Å². The number of fused-ring (bicyclic) bond motifs is 2. The molecule has 2 aliphatic heterocycles. The molecular weight excluding hydrogens is 225 g/mol. The van der Waals surface area contributed by atoms with Gasteiger partial charge in [0.05, 0.1) is 6.61 Å². The molecule has 0 amide bonds. The van der Waals surface area contributed by atoms with E-state index in [0.29, 0.717) is 12.1 Å². The molecule has 0 aromatic rings. The van der Waals surface area contributed by atoms with Crippen molar-refractivity contribution >= 4 is 5.97 Å². The number of carbonyl (C=O) groups excluding carboxylic acids is 1. The highest BCUT2D eigenvalue weighted by Gasteiger charge is 2.42. The van der Waals surface area contributed by atoms with E-state index in [1.165, 1.54) is 0 Å². The van der Waals surface area contributed by atoms with Gasteiger partial charge >= 0.3 is 5.97 Å². The van der Waals surface area contributed by atoms with Gasteiger partial charge in [-0.15, -0.1) is 0 Å². The van der Waals surface area contributed by atoms with Crippen LogP contribution in [0.3, 0.4) is 0 Å². The molecule has 0 aromatic carbocycles. The number of alkyl halides is 1. The summed E-state index contributed by atoms with van der Waals surface area (Å²) in [5, 5.41) is 8.77. The number of halogens is 1. The summed E-state index contributed by atoms with van der Waals surface area (Å²) >= 11 is 0. The number of rotatable bonds is 3. The molecule has 0 radical (unpaired) electrons. The molecule has 0 saturated carbocycles. The van der Waals surface area contributed by atoms with Gasteiger partial charge in [0.1, 0.15) is 6.10 Å². The molecule has 3 unspecified atom stereocenters. The Bertz CT molecular complexity index is 294. The smallest absolute Gasteiger partial charge is 0.346 e. The first-order chi connectivity index (χ1) is 7.94. The zero-order chi connectivity index (χ0) is 12.6. The highest BCUT2D eigenvalue weighted by Crippen LogP contribution is 2.35. The average molecular weight is 245 g/mol. The van der Waals surface area contributed by atoms with Gasteiger partial charge in [0, 0.05) is 12.1 Å². The van der Waals surface area contributed by atoms with Gasteiger partial charge < -0.3 is 14.7 Å². The number of piperidine rings is 1. The Morgan fingerprint density at radius 1 is 1.47 bits per heavy atom. The number of nitrogens with zero attached hydrogens (tertiary/aromatic N) is 1. The Labute approximate surface area is 101 Å².